The summed E-state index contributed by atoms with van der Waals surface area (Å²) in [5.74, 6) is 2.72. The van der Waals surface area contributed by atoms with E-state index in [1.807, 2.05) is 12.1 Å². The molecule has 6 rings (SSSR count). The van der Waals surface area contributed by atoms with Crippen LogP contribution in [0.15, 0.2) is 18.2 Å². The van der Waals surface area contributed by atoms with Gasteiger partial charge in [0.15, 0.2) is 0 Å². The van der Waals surface area contributed by atoms with Crippen LogP contribution in [0, 0.1) is 23.2 Å². The standard InChI is InChI=1S/C23H32ClN3O.ClH/c24-21-11-19(27-6-1-4-25-5-7-27)2-3-20(21)22(28)26-15-23-12-16-8-17(13-23)10-18(9-16)14-23;/h2-3,11,16-18,25H,1,4-10,12-15H2,(H,26,28);1H. The van der Waals surface area contributed by atoms with Crippen LogP contribution in [0.25, 0.3) is 0 Å². The molecule has 0 spiro atoms. The molecular formula is C23H33Cl2N3O. The SMILES string of the molecule is Cl.O=C(NCC12CC3CC(CC(C3)C1)C2)c1ccc(N2CCCNCC2)cc1Cl. The molecule has 5 fully saturated rings. The zero-order chi connectivity index (χ0) is 19.1. The highest BCUT2D eigenvalue weighted by Crippen LogP contribution is 2.59. The number of anilines is 1. The van der Waals surface area contributed by atoms with Gasteiger partial charge in [0.25, 0.3) is 5.91 Å². The van der Waals surface area contributed by atoms with E-state index in [4.69, 9.17) is 11.6 Å². The molecule has 6 heteroatoms. The largest absolute Gasteiger partial charge is 0.370 e. The fourth-order valence-corrected chi connectivity index (χ4v) is 7.12. The van der Waals surface area contributed by atoms with E-state index in [0.717, 1.165) is 62.6 Å². The van der Waals surface area contributed by atoms with Crippen molar-refractivity contribution in [1.29, 1.82) is 0 Å². The molecule has 4 saturated carbocycles. The lowest BCUT2D eigenvalue weighted by Crippen LogP contribution is -2.51. The summed E-state index contributed by atoms with van der Waals surface area (Å²) in [6.07, 6.45) is 9.38. The van der Waals surface area contributed by atoms with Crippen molar-refractivity contribution in [2.75, 3.05) is 37.6 Å². The highest BCUT2D eigenvalue weighted by molar-refractivity contribution is 6.34. The number of halogens is 2. The molecule has 160 valence electrons. The summed E-state index contributed by atoms with van der Waals surface area (Å²) < 4.78 is 0. The van der Waals surface area contributed by atoms with Crippen molar-refractivity contribution in [1.82, 2.24) is 10.6 Å². The summed E-state index contributed by atoms with van der Waals surface area (Å²) in [5.41, 5.74) is 2.09. The van der Waals surface area contributed by atoms with Crippen LogP contribution in [0.2, 0.25) is 5.02 Å². The van der Waals surface area contributed by atoms with E-state index in [9.17, 15) is 4.79 Å². The van der Waals surface area contributed by atoms with Crippen LogP contribution in [0.3, 0.4) is 0 Å². The van der Waals surface area contributed by atoms with Crippen molar-refractivity contribution in [3.8, 4) is 0 Å². The zero-order valence-electron chi connectivity index (χ0n) is 17.1. The van der Waals surface area contributed by atoms with Gasteiger partial charge in [-0.2, -0.15) is 0 Å². The number of benzene rings is 1. The minimum absolute atomic E-state index is 0. The molecule has 0 aromatic heterocycles. The van der Waals surface area contributed by atoms with Crippen molar-refractivity contribution in [3.05, 3.63) is 28.8 Å². The Morgan fingerprint density at radius 2 is 1.79 bits per heavy atom. The third-order valence-electron chi connectivity index (χ3n) is 7.69. The van der Waals surface area contributed by atoms with E-state index in [1.54, 1.807) is 0 Å². The number of carbonyl (C=O) groups excluding carboxylic acids is 1. The Labute approximate surface area is 185 Å². The van der Waals surface area contributed by atoms with Crippen molar-refractivity contribution in [2.45, 2.75) is 44.9 Å². The first-order valence-electron chi connectivity index (χ1n) is 11.1. The van der Waals surface area contributed by atoms with Gasteiger partial charge in [-0.25, -0.2) is 0 Å². The second kappa shape index (κ2) is 8.64. The summed E-state index contributed by atoms with van der Waals surface area (Å²) in [5, 5.41) is 7.25. The molecule has 4 aliphatic carbocycles. The van der Waals surface area contributed by atoms with Crippen molar-refractivity contribution < 1.29 is 4.79 Å². The first-order chi connectivity index (χ1) is 13.6. The maximum Gasteiger partial charge on any atom is 0.252 e. The molecule has 29 heavy (non-hydrogen) atoms. The number of hydrogen-bond acceptors (Lipinski definition) is 3. The Kier molecular flexibility index (Phi) is 6.34. The summed E-state index contributed by atoms with van der Waals surface area (Å²) in [4.78, 5) is 15.2. The average molecular weight is 438 g/mol. The molecule has 2 N–H and O–H groups in total. The van der Waals surface area contributed by atoms with Gasteiger partial charge in [-0.15, -0.1) is 12.4 Å². The smallest absolute Gasteiger partial charge is 0.252 e. The number of hydrogen-bond donors (Lipinski definition) is 2. The van der Waals surface area contributed by atoms with E-state index >= 15 is 0 Å². The molecular weight excluding hydrogens is 405 g/mol. The Hall–Kier alpha value is -0.970. The lowest BCUT2D eigenvalue weighted by Gasteiger charge is -2.56. The zero-order valence-corrected chi connectivity index (χ0v) is 18.7. The van der Waals surface area contributed by atoms with Crippen LogP contribution >= 0.6 is 24.0 Å². The van der Waals surface area contributed by atoms with Crippen LogP contribution in [0.1, 0.15) is 55.3 Å². The summed E-state index contributed by atoms with van der Waals surface area (Å²) in [6.45, 7) is 4.89. The van der Waals surface area contributed by atoms with Crippen molar-refractivity contribution in [3.63, 3.8) is 0 Å². The third kappa shape index (κ3) is 4.40. The van der Waals surface area contributed by atoms with Gasteiger partial charge in [0.2, 0.25) is 0 Å². The minimum atomic E-state index is -0.00942. The number of rotatable bonds is 4. The Bertz CT molecular complexity index is 710. The van der Waals surface area contributed by atoms with Gasteiger partial charge in [0.05, 0.1) is 10.6 Å². The topological polar surface area (TPSA) is 44.4 Å². The molecule has 1 amide bonds. The van der Waals surface area contributed by atoms with E-state index in [0.29, 0.717) is 16.0 Å². The van der Waals surface area contributed by atoms with Crippen LogP contribution in [-0.4, -0.2) is 38.6 Å². The lowest BCUT2D eigenvalue weighted by atomic mass is 9.49. The number of nitrogens with zero attached hydrogens (tertiary/aromatic N) is 1. The molecule has 1 heterocycles. The highest BCUT2D eigenvalue weighted by atomic mass is 35.5. The molecule has 1 saturated heterocycles. The first-order valence-corrected chi connectivity index (χ1v) is 11.5. The second-order valence-corrected chi connectivity index (χ2v) is 10.3. The maximum absolute atomic E-state index is 12.9. The fraction of sp³-hybridized carbons (Fsp3) is 0.696. The average Bonchev–Trinajstić information content (AvgIpc) is 2.94. The van der Waals surface area contributed by atoms with Gasteiger partial charge in [-0.1, -0.05) is 11.6 Å². The molecule has 1 aromatic carbocycles. The fourth-order valence-electron chi connectivity index (χ4n) is 6.86. The minimum Gasteiger partial charge on any atom is -0.370 e. The molecule has 0 unspecified atom stereocenters. The van der Waals surface area contributed by atoms with Gasteiger partial charge in [-0.3, -0.25) is 4.79 Å². The molecule has 5 aliphatic rings. The van der Waals surface area contributed by atoms with E-state index in [1.165, 1.54) is 38.5 Å². The lowest BCUT2D eigenvalue weighted by molar-refractivity contribution is -0.0503. The third-order valence-corrected chi connectivity index (χ3v) is 8.00. The van der Waals surface area contributed by atoms with Gasteiger partial charge >= 0.3 is 0 Å². The Morgan fingerprint density at radius 1 is 1.10 bits per heavy atom. The van der Waals surface area contributed by atoms with Crippen LogP contribution < -0.4 is 15.5 Å². The number of carbonyl (C=O) groups is 1. The summed E-state index contributed by atoms with van der Waals surface area (Å²) >= 11 is 6.54. The van der Waals surface area contributed by atoms with Crippen molar-refractivity contribution in [2.24, 2.45) is 23.2 Å². The molecule has 0 atom stereocenters. The predicted molar refractivity (Wildman–Crippen MR) is 121 cm³/mol. The van der Waals surface area contributed by atoms with Gasteiger partial charge in [-0.05, 0) is 92.9 Å². The molecule has 4 bridgehead atoms. The summed E-state index contributed by atoms with van der Waals surface area (Å²) in [7, 11) is 0. The van der Waals surface area contributed by atoms with Gasteiger partial charge < -0.3 is 15.5 Å². The summed E-state index contributed by atoms with van der Waals surface area (Å²) in [6, 6.07) is 5.92. The monoisotopic (exact) mass is 437 g/mol. The van der Waals surface area contributed by atoms with E-state index < -0.39 is 0 Å². The highest BCUT2D eigenvalue weighted by Gasteiger charge is 2.50. The second-order valence-electron chi connectivity index (χ2n) is 9.85. The van der Waals surface area contributed by atoms with Gasteiger partial charge in [0, 0.05) is 31.9 Å². The van der Waals surface area contributed by atoms with Crippen LogP contribution in [-0.2, 0) is 0 Å². The van der Waals surface area contributed by atoms with Gasteiger partial charge in [0.1, 0.15) is 0 Å². The van der Waals surface area contributed by atoms with Crippen molar-refractivity contribution >= 4 is 35.6 Å². The predicted octanol–water partition coefficient (Wildman–Crippen LogP) is 4.51. The molecule has 1 aromatic rings. The number of nitrogens with one attached hydrogen (secondary N) is 2. The molecule has 4 nitrogen and oxygen atoms in total. The molecule has 1 aliphatic heterocycles. The van der Waals surface area contributed by atoms with E-state index in [2.05, 4.69) is 21.6 Å². The Morgan fingerprint density at radius 3 is 2.45 bits per heavy atom. The Balaban J connectivity index is 0.00000205. The van der Waals surface area contributed by atoms with E-state index in [-0.39, 0.29) is 18.3 Å². The van der Waals surface area contributed by atoms with Crippen LogP contribution in [0.4, 0.5) is 5.69 Å². The number of amides is 1. The molecule has 0 radical (unpaired) electrons. The quantitative estimate of drug-likeness (QED) is 0.727. The normalized spacial score (nSPS) is 33.1. The maximum atomic E-state index is 12.9. The van der Waals surface area contributed by atoms with Crippen LogP contribution in [0.5, 0.6) is 0 Å². The first kappa shape index (κ1) is 21.3.